The zero-order valence-electron chi connectivity index (χ0n) is 33.0. The maximum atomic E-state index is 5.98. The fraction of sp³-hybridized carbons (Fsp3) is 0.362. The van der Waals surface area contributed by atoms with Crippen LogP contribution >= 0.6 is 23.2 Å². The molecule has 0 atom stereocenters. The summed E-state index contributed by atoms with van der Waals surface area (Å²) in [5.41, 5.74) is 8.72. The van der Waals surface area contributed by atoms with Crippen LogP contribution in [0.2, 0.25) is 10.0 Å². The molecule has 5 heteroatoms. The number of hydrogen-bond acceptors (Lipinski definition) is 0. The van der Waals surface area contributed by atoms with Crippen molar-refractivity contribution in [3.63, 3.8) is 0 Å². The minimum absolute atomic E-state index is 0. The fourth-order valence-electron chi connectivity index (χ4n) is 6.38. The van der Waals surface area contributed by atoms with Crippen molar-refractivity contribution >= 4 is 48.0 Å². The average molecular weight is 852 g/mol. The summed E-state index contributed by atoms with van der Waals surface area (Å²) in [7, 11) is 0. The summed E-state index contributed by atoms with van der Waals surface area (Å²) in [5.74, 6) is 0. The normalized spacial score (nSPS) is 12.8. The molecule has 0 heterocycles. The number of halogens is 4. The van der Waals surface area contributed by atoms with Crippen LogP contribution in [-0.2, 0) is 45.9 Å². The van der Waals surface area contributed by atoms with E-state index in [-0.39, 0.29) is 46.5 Å². The van der Waals surface area contributed by atoms with Crippen molar-refractivity contribution in [2.75, 3.05) is 0 Å². The van der Waals surface area contributed by atoms with Gasteiger partial charge < -0.3 is 24.8 Å². The van der Waals surface area contributed by atoms with Gasteiger partial charge in [-0.25, -0.2) is 12.2 Å². The van der Waals surface area contributed by atoms with E-state index in [1.807, 2.05) is 48.6 Å². The molecular weight excluding hydrogens is 798 g/mol. The first kappa shape index (κ1) is 46.3. The molecule has 0 fully saturated rings. The van der Waals surface area contributed by atoms with Crippen LogP contribution in [0.5, 0.6) is 0 Å². The van der Waals surface area contributed by atoms with E-state index in [1.165, 1.54) is 71.2 Å². The predicted octanol–water partition coefficient (Wildman–Crippen LogP) is 8.32. The number of hydrogen-bond donors (Lipinski definition) is 0. The molecule has 0 nitrogen and oxygen atoms in total. The minimum Gasteiger partial charge on any atom is -1.00 e. The van der Waals surface area contributed by atoms with Crippen LogP contribution in [-0.4, -0.2) is 3.21 Å². The molecule has 0 bridgehead atoms. The molecule has 52 heavy (non-hydrogen) atoms. The maximum absolute atomic E-state index is 5.98. The van der Waals surface area contributed by atoms with E-state index in [0.717, 1.165) is 27.6 Å². The third kappa shape index (κ3) is 11.8. The third-order valence-electron chi connectivity index (χ3n) is 9.03. The first-order valence-electron chi connectivity index (χ1n) is 17.6. The third-order valence-corrected chi connectivity index (χ3v) is 10.9. The summed E-state index contributed by atoms with van der Waals surface area (Å²) < 4.78 is 1.26. The summed E-state index contributed by atoms with van der Waals surface area (Å²) in [6.07, 6.45) is 10.0. The molecule has 1 aliphatic rings. The monoisotopic (exact) mass is 848 g/mol. The summed E-state index contributed by atoms with van der Waals surface area (Å²) in [6, 6.07) is 28.1. The second-order valence-corrected chi connectivity index (χ2v) is 19.6. The Balaban J connectivity index is 0.000000340. The first-order chi connectivity index (χ1) is 23.1. The van der Waals surface area contributed by atoms with Gasteiger partial charge in [0.2, 0.25) is 0 Å². The van der Waals surface area contributed by atoms with Crippen LogP contribution < -0.4 is 24.8 Å². The molecule has 0 N–H and O–H groups in total. The molecule has 0 spiro atoms. The Hall–Kier alpha value is -1.86. The van der Waals surface area contributed by atoms with Gasteiger partial charge in [0.25, 0.3) is 0 Å². The van der Waals surface area contributed by atoms with E-state index in [2.05, 4.69) is 138 Å². The van der Waals surface area contributed by atoms with E-state index in [4.69, 9.17) is 23.2 Å². The molecular formula is C47H54Cl4Zr-2. The van der Waals surface area contributed by atoms with Gasteiger partial charge in [-0.2, -0.15) is 6.08 Å². The van der Waals surface area contributed by atoms with E-state index in [1.54, 1.807) is 0 Å². The van der Waals surface area contributed by atoms with E-state index >= 15 is 0 Å². The minimum atomic E-state index is 0. The van der Waals surface area contributed by atoms with Crippen LogP contribution in [0.15, 0.2) is 97.1 Å². The van der Waals surface area contributed by atoms with Crippen LogP contribution in [0.1, 0.15) is 123 Å². The molecule has 5 aromatic rings. The van der Waals surface area contributed by atoms with E-state index in [0.29, 0.717) is 0 Å². The van der Waals surface area contributed by atoms with E-state index in [9.17, 15) is 0 Å². The van der Waals surface area contributed by atoms with Crippen molar-refractivity contribution in [3.8, 4) is 0 Å². The molecule has 0 aromatic heterocycles. The fourth-order valence-corrected chi connectivity index (χ4v) is 7.53. The van der Waals surface area contributed by atoms with Crippen molar-refractivity contribution in [2.24, 2.45) is 0 Å². The van der Waals surface area contributed by atoms with Crippen LogP contribution in [0, 0.1) is 6.08 Å². The molecule has 0 saturated carbocycles. The van der Waals surface area contributed by atoms with Gasteiger partial charge in [-0.1, -0.05) is 117 Å². The van der Waals surface area contributed by atoms with E-state index < -0.39 is 0 Å². The van der Waals surface area contributed by atoms with Gasteiger partial charge in [0.1, 0.15) is 0 Å². The van der Waals surface area contributed by atoms with Gasteiger partial charge in [0.15, 0.2) is 0 Å². The van der Waals surface area contributed by atoms with Crippen molar-refractivity contribution < 1.29 is 49.0 Å². The second kappa shape index (κ2) is 18.2. The van der Waals surface area contributed by atoms with Crippen LogP contribution in [0.3, 0.4) is 0 Å². The molecule has 6 rings (SSSR count). The van der Waals surface area contributed by atoms with Crippen molar-refractivity contribution in [1.82, 2.24) is 0 Å². The van der Waals surface area contributed by atoms with Gasteiger partial charge in [-0.15, -0.1) is 46.2 Å². The topological polar surface area (TPSA) is 0 Å². The van der Waals surface area contributed by atoms with Gasteiger partial charge in [-0.05, 0) is 21.7 Å². The summed E-state index contributed by atoms with van der Waals surface area (Å²) >= 11 is 13.3. The molecule has 5 aromatic carbocycles. The quantitative estimate of drug-likeness (QED) is 0.157. The Labute approximate surface area is 352 Å². The van der Waals surface area contributed by atoms with Gasteiger partial charge in [-0.3, -0.25) is 6.08 Å². The molecule has 0 saturated heterocycles. The standard InChI is InChI=1S/C29H41.C13H8Cl2.C5H5.2ClH.Zr/c1-26(2,3)22-14-18-13-19-15-23(27(4,5)6)25(29(10,11)12)17-21(19)20(18)16-24(22)28(7,8)9;14-12-5-1-3-10(8-12)7-11-4-2-6-13(15)9-11;1-2-4-5-3-1;;;/h13-17H,1-12H3;1-6,8-9H;1-3H,4H2;2*1H;/q-1;;-1;;;+2/p-2. The Morgan fingerprint density at radius 2 is 0.942 bits per heavy atom. The van der Waals surface area contributed by atoms with Crippen molar-refractivity contribution in [1.29, 1.82) is 0 Å². The number of allylic oxidation sites excluding steroid dienone is 4. The van der Waals surface area contributed by atoms with Crippen molar-refractivity contribution in [3.05, 3.63) is 147 Å². The zero-order valence-corrected chi connectivity index (χ0v) is 38.4. The first-order valence-corrected chi connectivity index (χ1v) is 19.6. The summed E-state index contributed by atoms with van der Waals surface area (Å²) in [6.45, 7) is 28.0. The number of benzene rings is 4. The predicted molar refractivity (Wildman–Crippen MR) is 220 cm³/mol. The molecule has 1 aliphatic carbocycles. The maximum Gasteiger partial charge on any atom is -0.109 e. The Bertz CT molecular complexity index is 1900. The van der Waals surface area contributed by atoms with Gasteiger partial charge >= 0.3 is 120 Å². The number of fused-ring (bicyclic) bond motifs is 3. The summed E-state index contributed by atoms with van der Waals surface area (Å²) in [5, 5.41) is 7.10. The molecule has 0 aliphatic heterocycles. The zero-order chi connectivity index (χ0) is 37.2. The Morgan fingerprint density at radius 3 is 1.21 bits per heavy atom. The largest absolute Gasteiger partial charge is 1.00 e. The molecule has 0 amide bonds. The Morgan fingerprint density at radius 1 is 0.577 bits per heavy atom. The molecule has 276 valence electrons. The smallest absolute Gasteiger partial charge is 0.109 e. The van der Waals surface area contributed by atoms with Gasteiger partial charge in [0.05, 0.1) is 0 Å². The summed E-state index contributed by atoms with van der Waals surface area (Å²) in [4.78, 5) is 0. The number of rotatable bonds is 2. The van der Waals surface area contributed by atoms with Gasteiger partial charge in [0, 0.05) is 0 Å². The molecule has 0 unspecified atom stereocenters. The SMILES string of the molecule is CC(C)(C)c1cc2[cH-]c3cc(C(C)(C)C)c(C(C)(C)C)cc3c2cc1C(C)(C)C.Clc1cccc([C](=[Zr+2])c2cccc(Cl)c2)c1.[C-]1=CC=CC1.[Cl-].[Cl-]. The molecule has 0 radical (unpaired) electrons. The van der Waals surface area contributed by atoms with Crippen LogP contribution in [0.4, 0.5) is 0 Å². The van der Waals surface area contributed by atoms with Crippen LogP contribution in [0.25, 0.3) is 21.5 Å². The van der Waals surface area contributed by atoms with Crippen molar-refractivity contribution in [2.45, 2.75) is 111 Å². The average Bonchev–Trinajstić information content (AvgIpc) is 3.70. The Kier molecular flexibility index (Phi) is 16.2. The second-order valence-electron chi connectivity index (χ2n) is 17.5.